The van der Waals surface area contributed by atoms with Crippen molar-refractivity contribution in [2.45, 2.75) is 145 Å². The van der Waals surface area contributed by atoms with Gasteiger partial charge in [-0.2, -0.15) is 0 Å². The lowest BCUT2D eigenvalue weighted by atomic mass is 9.86. The van der Waals surface area contributed by atoms with Crippen molar-refractivity contribution < 1.29 is 33.9 Å². The normalized spacial score (nSPS) is 17.2. The summed E-state index contributed by atoms with van der Waals surface area (Å²) >= 11 is 0. The van der Waals surface area contributed by atoms with Gasteiger partial charge in [0.2, 0.25) is 11.8 Å². The third-order valence-electron chi connectivity index (χ3n) is 14.5. The summed E-state index contributed by atoms with van der Waals surface area (Å²) in [4.78, 5) is 91.2. The van der Waals surface area contributed by atoms with Crippen LogP contribution < -0.4 is 26.6 Å². The lowest BCUT2D eigenvalue weighted by Gasteiger charge is -2.32. The van der Waals surface area contributed by atoms with Crippen LogP contribution in [0.3, 0.4) is 0 Å². The van der Waals surface area contributed by atoms with E-state index in [0.717, 1.165) is 101 Å². The van der Waals surface area contributed by atoms with Gasteiger partial charge in [0, 0.05) is 70.8 Å². The molecular formula is C58H90N12O7. The summed E-state index contributed by atoms with van der Waals surface area (Å²) in [5.41, 5.74) is 2.95. The molecule has 0 saturated carbocycles. The monoisotopic (exact) mass is 1070 g/mol. The third kappa shape index (κ3) is 16.3. The average molecular weight is 1070 g/mol. The lowest BCUT2D eigenvalue weighted by Crippen LogP contribution is -2.53. The number of piperidine rings is 2. The smallest absolute Gasteiger partial charge is 0.335 e. The number of hydrogen-bond acceptors (Lipinski definition) is 11. The Labute approximate surface area is 457 Å². The summed E-state index contributed by atoms with van der Waals surface area (Å²) < 4.78 is 4.50. The molecule has 0 radical (unpaired) electrons. The molecule has 2 atom stereocenters. The Morgan fingerprint density at radius 1 is 0.584 bits per heavy atom. The number of fused-ring (bicyclic) bond motifs is 2. The Balaban J connectivity index is 0.000000285. The SMILES string of the molecule is C.C.CNC(=O)[C@@H](NC(=O)c1nc(C2CCN(C(=O)c3ccccc3)CC2)n2c1CN(C)CCC2)C(C)(C)C.CNC(=O)[C@@H](NC(=O)c1nc(C2CCNCC2)n2c1CN(C)CCC2)C(C)(C)C.O=C(O)c1ccccc1. The van der Waals surface area contributed by atoms with Gasteiger partial charge in [-0.15, -0.1) is 0 Å². The molecule has 5 amide bonds. The molecule has 6 heterocycles. The van der Waals surface area contributed by atoms with Crippen LogP contribution in [0.4, 0.5) is 0 Å². The Hall–Kier alpha value is -6.44. The Bertz CT molecular complexity index is 2590. The number of amides is 5. The third-order valence-corrected chi connectivity index (χ3v) is 14.5. The molecule has 19 heteroatoms. The zero-order valence-corrected chi connectivity index (χ0v) is 45.9. The molecule has 0 spiro atoms. The molecule has 4 aliphatic heterocycles. The molecule has 4 aliphatic rings. The number of aromatic nitrogens is 4. The minimum atomic E-state index is -0.879. The first-order valence-corrected chi connectivity index (χ1v) is 26.6. The van der Waals surface area contributed by atoms with Crippen LogP contribution >= 0.6 is 0 Å². The van der Waals surface area contributed by atoms with Crippen LogP contribution in [0.1, 0.15) is 171 Å². The van der Waals surface area contributed by atoms with E-state index in [1.165, 1.54) is 0 Å². The number of carbonyl (C=O) groups excluding carboxylic acids is 5. The van der Waals surface area contributed by atoms with Gasteiger partial charge >= 0.3 is 5.97 Å². The number of nitrogens with one attached hydrogen (secondary N) is 5. The molecule has 8 rings (SSSR count). The zero-order chi connectivity index (χ0) is 54.6. The van der Waals surface area contributed by atoms with Crippen LogP contribution in [-0.4, -0.2) is 154 Å². The van der Waals surface area contributed by atoms with Crippen molar-refractivity contribution in [3.63, 3.8) is 0 Å². The first-order valence-electron chi connectivity index (χ1n) is 26.6. The van der Waals surface area contributed by atoms with Gasteiger partial charge < -0.3 is 55.5 Å². The summed E-state index contributed by atoms with van der Waals surface area (Å²) in [7, 11) is 7.31. The molecule has 77 heavy (non-hydrogen) atoms. The molecule has 0 bridgehead atoms. The van der Waals surface area contributed by atoms with Gasteiger partial charge in [0.25, 0.3) is 17.7 Å². The summed E-state index contributed by atoms with van der Waals surface area (Å²) in [5, 5.41) is 23.1. The quantitative estimate of drug-likeness (QED) is 0.102. The minimum Gasteiger partial charge on any atom is -0.478 e. The van der Waals surface area contributed by atoms with Crippen LogP contribution in [0, 0.1) is 10.8 Å². The number of carbonyl (C=O) groups is 6. The van der Waals surface area contributed by atoms with Crippen LogP contribution in [-0.2, 0) is 35.8 Å². The minimum absolute atomic E-state index is 0. The van der Waals surface area contributed by atoms with E-state index < -0.39 is 28.9 Å². The van der Waals surface area contributed by atoms with Crippen molar-refractivity contribution in [2.75, 3.05) is 67.5 Å². The summed E-state index contributed by atoms with van der Waals surface area (Å²) in [6.45, 7) is 19.9. The van der Waals surface area contributed by atoms with E-state index in [0.29, 0.717) is 54.6 Å². The number of imidazole rings is 2. The molecule has 19 nitrogen and oxygen atoms in total. The van der Waals surface area contributed by atoms with E-state index in [9.17, 15) is 28.8 Å². The fraction of sp³-hybridized carbons (Fsp3) is 0.586. The maximum atomic E-state index is 13.6. The predicted molar refractivity (Wildman–Crippen MR) is 302 cm³/mol. The maximum Gasteiger partial charge on any atom is 0.335 e. The molecule has 4 aromatic rings. The molecule has 2 fully saturated rings. The largest absolute Gasteiger partial charge is 0.478 e. The number of rotatable bonds is 10. The van der Waals surface area contributed by atoms with Gasteiger partial charge in [0.05, 0.1) is 17.0 Å². The highest BCUT2D eigenvalue weighted by atomic mass is 16.4. The van der Waals surface area contributed by atoms with Crippen molar-refractivity contribution in [1.82, 2.24) is 60.4 Å². The van der Waals surface area contributed by atoms with Crippen LogP contribution in [0.15, 0.2) is 60.7 Å². The average Bonchev–Trinajstić information content (AvgIpc) is 3.80. The van der Waals surface area contributed by atoms with Gasteiger partial charge in [-0.1, -0.05) is 92.8 Å². The van der Waals surface area contributed by atoms with Crippen molar-refractivity contribution in [2.24, 2.45) is 10.8 Å². The lowest BCUT2D eigenvalue weighted by molar-refractivity contribution is -0.125. The predicted octanol–water partition coefficient (Wildman–Crippen LogP) is 6.36. The Kier molecular flexibility index (Phi) is 23.2. The van der Waals surface area contributed by atoms with E-state index in [2.05, 4.69) is 59.6 Å². The zero-order valence-electron chi connectivity index (χ0n) is 45.9. The maximum absolute atomic E-state index is 13.6. The molecule has 2 aromatic heterocycles. The summed E-state index contributed by atoms with van der Waals surface area (Å²) in [6, 6.07) is 16.4. The first-order chi connectivity index (χ1) is 35.6. The van der Waals surface area contributed by atoms with Gasteiger partial charge in [-0.25, -0.2) is 14.8 Å². The van der Waals surface area contributed by atoms with Crippen LogP contribution in [0.25, 0.3) is 0 Å². The summed E-state index contributed by atoms with van der Waals surface area (Å²) in [5.74, 6) is 0.701. The van der Waals surface area contributed by atoms with Crippen molar-refractivity contribution >= 4 is 35.5 Å². The highest BCUT2D eigenvalue weighted by Crippen LogP contribution is 2.33. The highest BCUT2D eigenvalue weighted by Gasteiger charge is 2.38. The number of hydrogen-bond donors (Lipinski definition) is 6. The van der Waals surface area contributed by atoms with Gasteiger partial charge in [-0.3, -0.25) is 24.0 Å². The number of aromatic carboxylic acids is 1. The topological polar surface area (TPSA) is 228 Å². The molecule has 0 unspecified atom stereocenters. The number of carboxylic acids is 1. The Morgan fingerprint density at radius 3 is 1.34 bits per heavy atom. The first kappa shape index (κ1) is 63.1. The molecule has 424 valence electrons. The number of likely N-dealkylation sites (tertiary alicyclic amines) is 1. The van der Waals surface area contributed by atoms with Crippen LogP contribution in [0.5, 0.6) is 0 Å². The molecular weight excluding hydrogens is 977 g/mol. The number of likely N-dealkylation sites (N-methyl/N-ethyl adjacent to an activating group) is 2. The van der Waals surface area contributed by atoms with Crippen molar-refractivity contribution in [3.05, 3.63) is 106 Å². The second kappa shape index (κ2) is 28.3. The molecule has 0 aliphatic carbocycles. The van der Waals surface area contributed by atoms with Crippen LogP contribution in [0.2, 0.25) is 0 Å². The highest BCUT2D eigenvalue weighted by molar-refractivity contribution is 5.98. The van der Waals surface area contributed by atoms with E-state index in [1.807, 2.05) is 76.8 Å². The summed E-state index contributed by atoms with van der Waals surface area (Å²) in [6.07, 6.45) is 5.69. The second-order valence-corrected chi connectivity index (χ2v) is 22.4. The van der Waals surface area contributed by atoms with Crippen molar-refractivity contribution in [1.29, 1.82) is 0 Å². The second-order valence-electron chi connectivity index (χ2n) is 22.4. The van der Waals surface area contributed by atoms with E-state index >= 15 is 0 Å². The van der Waals surface area contributed by atoms with E-state index in [4.69, 9.17) is 15.1 Å². The van der Waals surface area contributed by atoms with Gasteiger partial charge in [-0.05, 0) is 114 Å². The molecule has 2 aromatic carbocycles. The fourth-order valence-corrected chi connectivity index (χ4v) is 10.3. The number of carboxylic acid groups (broad SMARTS) is 1. The Morgan fingerprint density at radius 2 is 0.974 bits per heavy atom. The van der Waals surface area contributed by atoms with E-state index in [1.54, 1.807) is 44.4 Å². The number of nitrogens with zero attached hydrogens (tertiary/aromatic N) is 7. The van der Waals surface area contributed by atoms with Gasteiger partial charge in [0.1, 0.15) is 23.7 Å². The van der Waals surface area contributed by atoms with Crippen molar-refractivity contribution in [3.8, 4) is 0 Å². The van der Waals surface area contributed by atoms with Gasteiger partial charge in [0.15, 0.2) is 11.4 Å². The molecule has 6 N–H and O–H groups in total. The number of benzene rings is 2. The fourth-order valence-electron chi connectivity index (χ4n) is 10.3. The standard InChI is InChI=1S/C28H40N6O3.C21H36N6O2.C7H6O2.2CH4/c1-28(2,3)23(26(36)29-4)31-25(35)22-21-18-32(5)14-9-15-34(21)24(30-22)19-12-16-33(17-13-19)27(37)20-10-7-6-8-11-20;1-21(2,3)17(20(29)22-4)25-19(28)16-15-13-26(5)11-6-12-27(15)18(24-16)14-7-9-23-10-8-14;8-7(9)6-4-2-1-3-5-6;;/h6-8,10-11,19,23H,9,12-18H2,1-5H3,(H,29,36)(H,31,35);14,17,23H,6-13H2,1-5H3,(H,22,29)(H,25,28);1-5H,(H,8,9);2*1H4/t23-;17-;;;/m11.../s1. The van der Waals surface area contributed by atoms with E-state index in [-0.39, 0.29) is 50.3 Å². The molecule has 2 saturated heterocycles.